The molecule has 6 nitrogen and oxygen atoms in total. The first kappa shape index (κ1) is 15.1. The molecule has 0 spiro atoms. The monoisotopic (exact) mass is 265 g/mol. The maximum Gasteiger partial charge on any atom is 0.252 e. The molecule has 0 aliphatic rings. The molecule has 0 bridgehead atoms. The number of amides is 2. The molecule has 0 aliphatic heterocycles. The van der Waals surface area contributed by atoms with E-state index in [9.17, 15) is 9.59 Å². The molecular formula is C13H19N3O3. The number of nitrogens with zero attached hydrogens (tertiary/aromatic N) is 1. The lowest BCUT2D eigenvalue weighted by molar-refractivity contribution is -0.122. The summed E-state index contributed by atoms with van der Waals surface area (Å²) in [6.45, 7) is 3.69. The van der Waals surface area contributed by atoms with Crippen LogP contribution in [0.5, 0.6) is 0 Å². The fourth-order valence-corrected chi connectivity index (χ4v) is 1.37. The highest BCUT2D eigenvalue weighted by atomic mass is 16.5. The SMILES string of the molecule is CCOCCC(=O)NCCNC(=O)c1cccnc1. The molecule has 1 rings (SSSR count). The maximum atomic E-state index is 11.6. The summed E-state index contributed by atoms with van der Waals surface area (Å²) in [5.41, 5.74) is 0.505. The van der Waals surface area contributed by atoms with E-state index < -0.39 is 0 Å². The van der Waals surface area contributed by atoms with Crippen molar-refractivity contribution in [2.75, 3.05) is 26.3 Å². The summed E-state index contributed by atoms with van der Waals surface area (Å²) >= 11 is 0. The number of pyridine rings is 1. The van der Waals surface area contributed by atoms with Gasteiger partial charge in [-0.2, -0.15) is 0 Å². The van der Waals surface area contributed by atoms with Crippen molar-refractivity contribution in [3.63, 3.8) is 0 Å². The molecule has 104 valence electrons. The van der Waals surface area contributed by atoms with Crippen molar-refractivity contribution in [2.24, 2.45) is 0 Å². The Morgan fingerprint density at radius 2 is 2.11 bits per heavy atom. The molecule has 0 aromatic carbocycles. The zero-order valence-corrected chi connectivity index (χ0v) is 11.0. The third kappa shape index (κ3) is 6.52. The van der Waals surface area contributed by atoms with Gasteiger partial charge < -0.3 is 15.4 Å². The second-order valence-electron chi connectivity index (χ2n) is 3.79. The van der Waals surface area contributed by atoms with Crippen molar-refractivity contribution in [2.45, 2.75) is 13.3 Å². The van der Waals surface area contributed by atoms with Gasteiger partial charge in [0.05, 0.1) is 12.2 Å². The van der Waals surface area contributed by atoms with E-state index >= 15 is 0 Å². The molecule has 0 saturated heterocycles. The van der Waals surface area contributed by atoms with E-state index in [4.69, 9.17) is 4.74 Å². The Morgan fingerprint density at radius 1 is 1.32 bits per heavy atom. The summed E-state index contributed by atoms with van der Waals surface area (Å²) in [6.07, 6.45) is 3.44. The Hall–Kier alpha value is -1.95. The number of ether oxygens (including phenoxy) is 1. The van der Waals surface area contributed by atoms with Crippen LogP contribution in [0, 0.1) is 0 Å². The predicted molar refractivity (Wildman–Crippen MR) is 70.7 cm³/mol. The molecule has 0 atom stereocenters. The number of aromatic nitrogens is 1. The zero-order valence-electron chi connectivity index (χ0n) is 11.0. The van der Waals surface area contributed by atoms with Gasteiger partial charge >= 0.3 is 0 Å². The Morgan fingerprint density at radius 3 is 2.79 bits per heavy atom. The van der Waals surface area contributed by atoms with Crippen molar-refractivity contribution in [1.82, 2.24) is 15.6 Å². The Kier molecular flexibility index (Phi) is 7.19. The molecule has 19 heavy (non-hydrogen) atoms. The van der Waals surface area contributed by atoms with Gasteiger partial charge in [0.1, 0.15) is 0 Å². The Labute approximate surface area is 112 Å². The highest BCUT2D eigenvalue weighted by Crippen LogP contribution is 1.94. The second kappa shape index (κ2) is 9.04. The summed E-state index contributed by atoms with van der Waals surface area (Å²) in [7, 11) is 0. The summed E-state index contributed by atoms with van der Waals surface area (Å²) in [5.74, 6) is -0.277. The van der Waals surface area contributed by atoms with E-state index in [-0.39, 0.29) is 11.8 Å². The summed E-state index contributed by atoms with van der Waals surface area (Å²) in [4.78, 5) is 26.8. The topological polar surface area (TPSA) is 80.3 Å². The van der Waals surface area contributed by atoms with Crippen LogP contribution in [-0.2, 0) is 9.53 Å². The first-order chi connectivity index (χ1) is 9.24. The van der Waals surface area contributed by atoms with Crippen LogP contribution < -0.4 is 10.6 Å². The molecule has 0 fully saturated rings. The predicted octanol–water partition coefficient (Wildman–Crippen LogP) is 0.354. The lowest BCUT2D eigenvalue weighted by Crippen LogP contribution is -2.35. The van der Waals surface area contributed by atoms with Gasteiger partial charge in [0.25, 0.3) is 5.91 Å². The standard InChI is InChI=1S/C13H19N3O3/c1-2-19-9-5-12(17)15-7-8-16-13(18)11-4-3-6-14-10-11/h3-4,6,10H,2,5,7-9H2,1H3,(H,15,17)(H,16,18). The van der Waals surface area contributed by atoms with Gasteiger partial charge in [-0.3, -0.25) is 14.6 Å². The largest absolute Gasteiger partial charge is 0.381 e. The number of carbonyl (C=O) groups is 2. The van der Waals surface area contributed by atoms with Crippen LogP contribution in [0.1, 0.15) is 23.7 Å². The zero-order chi connectivity index (χ0) is 13.9. The van der Waals surface area contributed by atoms with E-state index in [1.54, 1.807) is 18.3 Å². The van der Waals surface area contributed by atoms with E-state index in [0.717, 1.165) is 0 Å². The molecule has 0 radical (unpaired) electrons. The van der Waals surface area contributed by atoms with Crippen LogP contribution in [0.15, 0.2) is 24.5 Å². The highest BCUT2D eigenvalue weighted by Gasteiger charge is 2.04. The van der Waals surface area contributed by atoms with Gasteiger partial charge in [-0.15, -0.1) is 0 Å². The normalized spacial score (nSPS) is 9.95. The minimum Gasteiger partial charge on any atom is -0.381 e. The van der Waals surface area contributed by atoms with Crippen molar-refractivity contribution in [3.05, 3.63) is 30.1 Å². The van der Waals surface area contributed by atoms with Crippen LogP contribution in [0.4, 0.5) is 0 Å². The molecule has 2 N–H and O–H groups in total. The van der Waals surface area contributed by atoms with Crippen LogP contribution >= 0.6 is 0 Å². The summed E-state index contributed by atoms with van der Waals surface area (Å²) in [6, 6.07) is 3.38. The molecule has 1 aromatic rings. The number of hydrogen-bond acceptors (Lipinski definition) is 4. The van der Waals surface area contributed by atoms with Gasteiger partial charge in [-0.05, 0) is 19.1 Å². The first-order valence-corrected chi connectivity index (χ1v) is 6.26. The molecule has 0 aliphatic carbocycles. The van der Waals surface area contributed by atoms with Crippen molar-refractivity contribution >= 4 is 11.8 Å². The summed E-state index contributed by atoms with van der Waals surface area (Å²) < 4.78 is 5.07. The maximum absolute atomic E-state index is 11.6. The quantitative estimate of drug-likeness (QED) is 0.665. The number of carbonyl (C=O) groups excluding carboxylic acids is 2. The third-order valence-corrected chi connectivity index (χ3v) is 2.33. The van der Waals surface area contributed by atoms with Crippen molar-refractivity contribution in [3.8, 4) is 0 Å². The molecule has 0 unspecified atom stereocenters. The van der Waals surface area contributed by atoms with E-state index in [2.05, 4.69) is 15.6 Å². The molecule has 0 saturated carbocycles. The smallest absolute Gasteiger partial charge is 0.252 e. The van der Waals surface area contributed by atoms with Gasteiger partial charge in [0.2, 0.25) is 5.91 Å². The average Bonchev–Trinajstić information content (AvgIpc) is 2.44. The lowest BCUT2D eigenvalue weighted by atomic mass is 10.3. The Bertz CT molecular complexity index is 395. The summed E-state index contributed by atoms with van der Waals surface area (Å²) in [5, 5.41) is 5.40. The first-order valence-electron chi connectivity index (χ1n) is 6.26. The Balaban J connectivity index is 2.11. The highest BCUT2D eigenvalue weighted by molar-refractivity contribution is 5.93. The van der Waals surface area contributed by atoms with Crippen LogP contribution in [-0.4, -0.2) is 43.1 Å². The van der Waals surface area contributed by atoms with E-state index in [1.807, 2.05) is 6.92 Å². The van der Waals surface area contributed by atoms with Gasteiger partial charge in [0.15, 0.2) is 0 Å². The third-order valence-electron chi connectivity index (χ3n) is 2.33. The number of hydrogen-bond donors (Lipinski definition) is 2. The fraction of sp³-hybridized carbons (Fsp3) is 0.462. The minimum atomic E-state index is -0.198. The van der Waals surface area contributed by atoms with Gasteiger partial charge in [-0.25, -0.2) is 0 Å². The van der Waals surface area contributed by atoms with Crippen LogP contribution in [0.25, 0.3) is 0 Å². The second-order valence-corrected chi connectivity index (χ2v) is 3.79. The van der Waals surface area contributed by atoms with Gasteiger partial charge in [0, 0.05) is 38.5 Å². The van der Waals surface area contributed by atoms with Crippen molar-refractivity contribution in [1.29, 1.82) is 0 Å². The average molecular weight is 265 g/mol. The van der Waals surface area contributed by atoms with Gasteiger partial charge in [-0.1, -0.05) is 0 Å². The van der Waals surface area contributed by atoms with Crippen LogP contribution in [0.3, 0.4) is 0 Å². The van der Waals surface area contributed by atoms with E-state index in [1.165, 1.54) is 6.20 Å². The molecular weight excluding hydrogens is 246 g/mol. The lowest BCUT2D eigenvalue weighted by Gasteiger charge is -2.07. The number of rotatable bonds is 8. The molecule has 6 heteroatoms. The van der Waals surface area contributed by atoms with E-state index in [0.29, 0.717) is 38.3 Å². The minimum absolute atomic E-state index is 0.0796. The molecule has 2 amide bonds. The fourth-order valence-electron chi connectivity index (χ4n) is 1.37. The van der Waals surface area contributed by atoms with Crippen LogP contribution in [0.2, 0.25) is 0 Å². The van der Waals surface area contributed by atoms with Crippen molar-refractivity contribution < 1.29 is 14.3 Å². The number of nitrogens with one attached hydrogen (secondary N) is 2. The molecule has 1 aromatic heterocycles. The molecule has 1 heterocycles.